The number of nitrogens with zero attached hydrogens (tertiary/aromatic N) is 5. The zero-order valence-corrected chi connectivity index (χ0v) is 15.6. The molecule has 0 radical (unpaired) electrons. The predicted octanol–water partition coefficient (Wildman–Crippen LogP) is 2.27. The molecule has 0 atom stereocenters. The monoisotopic (exact) mass is 432 g/mol. The van der Waals surface area contributed by atoms with Gasteiger partial charge in [-0.25, -0.2) is 0 Å². The summed E-state index contributed by atoms with van der Waals surface area (Å²) in [5, 5.41) is 25.1. The van der Waals surface area contributed by atoms with Crippen LogP contribution in [0, 0.1) is 10.1 Å². The highest BCUT2D eigenvalue weighted by Crippen LogP contribution is 2.27. The second-order valence-electron chi connectivity index (χ2n) is 5.31. The molecule has 27 heavy (non-hydrogen) atoms. The number of carbonyl (C=O) groups excluding carboxylic acids is 1. The van der Waals surface area contributed by atoms with Crippen LogP contribution in [-0.2, 0) is 6.54 Å². The van der Waals surface area contributed by atoms with E-state index in [1.165, 1.54) is 30.0 Å². The van der Waals surface area contributed by atoms with Crippen molar-refractivity contribution in [2.75, 3.05) is 7.11 Å². The summed E-state index contributed by atoms with van der Waals surface area (Å²) in [6.07, 6.45) is 0. The van der Waals surface area contributed by atoms with Gasteiger partial charge >= 0.3 is 5.69 Å². The van der Waals surface area contributed by atoms with E-state index in [1.807, 2.05) is 24.3 Å². The molecule has 1 heterocycles. The van der Waals surface area contributed by atoms with E-state index >= 15 is 0 Å². The molecule has 3 aromatic rings. The first kappa shape index (κ1) is 18.5. The molecule has 0 unspecified atom stereocenters. The number of benzene rings is 2. The highest BCUT2D eigenvalue weighted by molar-refractivity contribution is 9.10. The van der Waals surface area contributed by atoms with Crippen LogP contribution in [0.25, 0.3) is 5.69 Å². The first-order valence-corrected chi connectivity index (χ1v) is 8.42. The van der Waals surface area contributed by atoms with E-state index in [2.05, 4.69) is 36.8 Å². The molecule has 0 saturated carbocycles. The minimum absolute atomic E-state index is 0.00613. The summed E-state index contributed by atoms with van der Waals surface area (Å²) in [5.74, 6) is -0.00561. The average molecular weight is 433 g/mol. The number of hydrogen-bond acceptors (Lipinski definition) is 7. The first-order valence-electron chi connectivity index (χ1n) is 7.63. The minimum atomic E-state index is -0.577. The van der Waals surface area contributed by atoms with Crippen LogP contribution in [0.3, 0.4) is 0 Å². The summed E-state index contributed by atoms with van der Waals surface area (Å²) in [6.45, 7) is 0.0671. The number of methoxy groups -OCH3 is 1. The van der Waals surface area contributed by atoms with E-state index in [-0.39, 0.29) is 23.5 Å². The topological polar surface area (TPSA) is 125 Å². The van der Waals surface area contributed by atoms with Gasteiger partial charge in [0.05, 0.1) is 24.3 Å². The number of ether oxygens (including phenoxy) is 1. The lowest BCUT2D eigenvalue weighted by Crippen LogP contribution is -2.24. The lowest BCUT2D eigenvalue weighted by molar-refractivity contribution is -0.385. The van der Waals surface area contributed by atoms with Gasteiger partial charge in [-0.1, -0.05) is 22.0 Å². The van der Waals surface area contributed by atoms with Crippen molar-refractivity contribution in [3.05, 3.63) is 68.4 Å². The Morgan fingerprint density at radius 2 is 2.15 bits per heavy atom. The molecule has 0 aliphatic rings. The van der Waals surface area contributed by atoms with Gasteiger partial charge < -0.3 is 10.1 Å². The van der Waals surface area contributed by atoms with Crippen LogP contribution in [0.15, 0.2) is 46.9 Å². The third kappa shape index (κ3) is 4.08. The number of carbonyl (C=O) groups is 1. The molecule has 1 N–H and O–H groups in total. The van der Waals surface area contributed by atoms with Crippen LogP contribution in [-0.4, -0.2) is 38.1 Å². The molecule has 0 aliphatic carbocycles. The summed E-state index contributed by atoms with van der Waals surface area (Å²) >= 11 is 3.38. The second-order valence-corrected chi connectivity index (χ2v) is 6.23. The Labute approximate surface area is 161 Å². The molecule has 0 saturated heterocycles. The summed E-state index contributed by atoms with van der Waals surface area (Å²) in [6, 6.07) is 11.3. The molecule has 2 aromatic carbocycles. The standard InChI is InChI=1S/C16H13BrN6O4/c1-27-14-7-10(5-6-13(14)23(25)26)16(24)18-9-15-19-20-21-22(15)12-4-2-3-11(17)8-12/h2-8H,9H2,1H3,(H,18,24). The Balaban J connectivity index is 1.76. The van der Waals surface area contributed by atoms with Crippen molar-refractivity contribution < 1.29 is 14.5 Å². The lowest BCUT2D eigenvalue weighted by atomic mass is 10.1. The zero-order valence-electron chi connectivity index (χ0n) is 14.0. The van der Waals surface area contributed by atoms with Gasteiger partial charge in [0.1, 0.15) is 0 Å². The quantitative estimate of drug-likeness (QED) is 0.467. The largest absolute Gasteiger partial charge is 0.490 e. The van der Waals surface area contributed by atoms with Crippen LogP contribution in [0.2, 0.25) is 0 Å². The molecule has 1 aromatic heterocycles. The molecule has 3 rings (SSSR count). The van der Waals surface area contributed by atoms with Gasteiger partial charge in [-0.05, 0) is 34.7 Å². The fourth-order valence-corrected chi connectivity index (χ4v) is 2.74. The van der Waals surface area contributed by atoms with Crippen LogP contribution in [0.1, 0.15) is 16.2 Å². The van der Waals surface area contributed by atoms with Crippen molar-refractivity contribution in [2.24, 2.45) is 0 Å². The Hall–Kier alpha value is -3.34. The molecule has 10 nitrogen and oxygen atoms in total. The van der Waals surface area contributed by atoms with Gasteiger partial charge in [-0.3, -0.25) is 14.9 Å². The second kappa shape index (κ2) is 7.91. The van der Waals surface area contributed by atoms with E-state index in [0.717, 1.165) is 10.2 Å². The Morgan fingerprint density at radius 3 is 2.85 bits per heavy atom. The summed E-state index contributed by atoms with van der Waals surface area (Å²) in [4.78, 5) is 22.7. The molecule has 1 amide bonds. The third-order valence-corrected chi connectivity index (χ3v) is 4.13. The van der Waals surface area contributed by atoms with Crippen molar-refractivity contribution in [1.82, 2.24) is 25.5 Å². The molecular weight excluding hydrogens is 420 g/mol. The molecular formula is C16H13BrN6O4. The van der Waals surface area contributed by atoms with Crippen molar-refractivity contribution in [2.45, 2.75) is 6.54 Å². The van der Waals surface area contributed by atoms with Crippen LogP contribution in [0.4, 0.5) is 5.69 Å². The molecule has 0 bridgehead atoms. The van der Waals surface area contributed by atoms with Crippen molar-refractivity contribution in [3.63, 3.8) is 0 Å². The van der Waals surface area contributed by atoms with E-state index < -0.39 is 10.8 Å². The SMILES string of the molecule is COc1cc(C(=O)NCc2nnnn2-c2cccc(Br)c2)ccc1[N+](=O)[O-]. The van der Waals surface area contributed by atoms with Gasteiger partial charge in [0.2, 0.25) is 0 Å². The zero-order chi connectivity index (χ0) is 19.4. The van der Waals surface area contributed by atoms with E-state index in [1.54, 1.807) is 0 Å². The van der Waals surface area contributed by atoms with E-state index in [9.17, 15) is 14.9 Å². The molecule has 0 spiro atoms. The number of halogens is 1. The maximum Gasteiger partial charge on any atom is 0.310 e. The van der Waals surface area contributed by atoms with Crippen molar-refractivity contribution in [3.8, 4) is 11.4 Å². The van der Waals surface area contributed by atoms with Crippen LogP contribution >= 0.6 is 15.9 Å². The fraction of sp³-hybridized carbons (Fsp3) is 0.125. The Morgan fingerprint density at radius 1 is 1.33 bits per heavy atom. The van der Waals surface area contributed by atoms with Gasteiger partial charge in [0, 0.05) is 22.2 Å². The third-order valence-electron chi connectivity index (χ3n) is 3.63. The van der Waals surface area contributed by atoms with Gasteiger partial charge in [-0.2, -0.15) is 4.68 Å². The van der Waals surface area contributed by atoms with E-state index in [0.29, 0.717) is 5.82 Å². The number of nitro benzene ring substituents is 1. The fourth-order valence-electron chi connectivity index (χ4n) is 2.36. The summed E-state index contributed by atoms with van der Waals surface area (Å²) < 4.78 is 7.34. The molecule has 0 aliphatic heterocycles. The summed E-state index contributed by atoms with van der Waals surface area (Å²) in [7, 11) is 1.30. The highest BCUT2D eigenvalue weighted by atomic mass is 79.9. The average Bonchev–Trinajstić information content (AvgIpc) is 3.14. The van der Waals surface area contributed by atoms with Gasteiger partial charge in [-0.15, -0.1) is 5.10 Å². The van der Waals surface area contributed by atoms with Gasteiger partial charge in [0.25, 0.3) is 5.91 Å². The smallest absolute Gasteiger partial charge is 0.310 e. The Bertz CT molecular complexity index is 1010. The maximum absolute atomic E-state index is 12.4. The number of hydrogen-bond donors (Lipinski definition) is 1. The number of aromatic nitrogens is 4. The highest BCUT2D eigenvalue weighted by Gasteiger charge is 2.18. The van der Waals surface area contributed by atoms with Gasteiger partial charge in [0.15, 0.2) is 11.6 Å². The number of nitro groups is 1. The minimum Gasteiger partial charge on any atom is -0.490 e. The number of tetrazole rings is 1. The molecule has 138 valence electrons. The molecule has 0 fully saturated rings. The number of amides is 1. The van der Waals surface area contributed by atoms with Crippen molar-refractivity contribution in [1.29, 1.82) is 0 Å². The normalized spacial score (nSPS) is 10.4. The van der Waals surface area contributed by atoms with Crippen molar-refractivity contribution >= 4 is 27.5 Å². The van der Waals surface area contributed by atoms with E-state index in [4.69, 9.17) is 4.74 Å². The van der Waals surface area contributed by atoms with Crippen LogP contribution in [0.5, 0.6) is 5.75 Å². The van der Waals surface area contributed by atoms with Crippen LogP contribution < -0.4 is 10.1 Å². The predicted molar refractivity (Wildman–Crippen MR) is 97.7 cm³/mol. The number of nitrogens with one attached hydrogen (secondary N) is 1. The number of rotatable bonds is 6. The summed E-state index contributed by atoms with van der Waals surface area (Å²) in [5.41, 5.74) is 0.738. The molecule has 11 heteroatoms. The Kier molecular flexibility index (Phi) is 5.41. The lowest BCUT2D eigenvalue weighted by Gasteiger charge is -2.08. The first-order chi connectivity index (χ1) is 13.0. The maximum atomic E-state index is 12.4.